The molecule has 1 heterocycles. The van der Waals surface area contributed by atoms with E-state index in [1.54, 1.807) is 0 Å². The number of thioether (sulfide) groups is 1. The summed E-state index contributed by atoms with van der Waals surface area (Å²) in [6, 6.07) is 0. The van der Waals surface area contributed by atoms with E-state index < -0.39 is 6.23 Å². The minimum Gasteiger partial charge on any atom is -0.493 e. The molecule has 0 amide bonds. The van der Waals surface area contributed by atoms with E-state index in [4.69, 9.17) is 10.2 Å². The number of hydrogen-bond donors (Lipinski definition) is 3. The smallest absolute Gasteiger partial charge is 0.213 e. The van der Waals surface area contributed by atoms with E-state index in [9.17, 15) is 0 Å². The van der Waals surface area contributed by atoms with Crippen molar-refractivity contribution in [3.05, 3.63) is 12.0 Å². The molecule has 1 unspecified atom stereocenters. The van der Waals surface area contributed by atoms with Gasteiger partial charge in [0, 0.05) is 11.8 Å². The lowest BCUT2D eigenvalue weighted by Gasteiger charge is -2.15. The Morgan fingerprint density at radius 2 is 2.50 bits per heavy atom. The van der Waals surface area contributed by atoms with Crippen molar-refractivity contribution in [2.45, 2.75) is 19.6 Å². The highest BCUT2D eigenvalue weighted by Crippen LogP contribution is 2.10. The van der Waals surface area contributed by atoms with Gasteiger partial charge in [-0.15, -0.1) is 0 Å². The summed E-state index contributed by atoms with van der Waals surface area (Å²) < 4.78 is 0. The van der Waals surface area contributed by atoms with E-state index in [0.29, 0.717) is 5.17 Å². The zero-order chi connectivity index (χ0) is 8.97. The summed E-state index contributed by atoms with van der Waals surface area (Å²) in [5, 5.41) is 21.4. The lowest BCUT2D eigenvalue weighted by Crippen LogP contribution is -2.34. The maximum absolute atomic E-state index is 9.11. The molecule has 12 heavy (non-hydrogen) atoms. The Bertz CT molecular complexity index is 215. The average molecular weight is 188 g/mol. The molecule has 1 atom stereocenters. The number of hydrogen-bond acceptors (Lipinski definition) is 5. The van der Waals surface area contributed by atoms with Crippen LogP contribution < -0.4 is 5.32 Å². The number of nitrogens with one attached hydrogen (secondary N) is 1. The fraction of sp³-hybridized carbons (Fsp3) is 0.571. The van der Waals surface area contributed by atoms with Crippen LogP contribution in [-0.2, 0) is 0 Å². The minimum atomic E-state index is -0.818. The second-order valence-corrected chi connectivity index (χ2v) is 3.46. The molecule has 0 saturated carbocycles. The maximum atomic E-state index is 9.11. The summed E-state index contributed by atoms with van der Waals surface area (Å²) in [5.41, 5.74) is 0. The summed E-state index contributed by atoms with van der Waals surface area (Å²) in [6.45, 7) is 2.06. The van der Waals surface area contributed by atoms with Crippen LogP contribution in [0.4, 0.5) is 0 Å². The molecule has 0 spiro atoms. The van der Waals surface area contributed by atoms with Gasteiger partial charge in [-0.05, 0) is 6.42 Å². The molecule has 5 heteroatoms. The third-order valence-corrected chi connectivity index (χ3v) is 2.33. The van der Waals surface area contributed by atoms with Gasteiger partial charge in [0.05, 0.1) is 0 Å². The Labute approximate surface area is 75.4 Å². The zero-order valence-electron chi connectivity index (χ0n) is 6.82. The number of amidine groups is 1. The van der Waals surface area contributed by atoms with E-state index in [1.807, 2.05) is 0 Å². The molecule has 0 aliphatic carbocycles. The van der Waals surface area contributed by atoms with Gasteiger partial charge in [-0.1, -0.05) is 18.7 Å². The Hall–Kier alpha value is -0.680. The number of nitrogens with zero attached hydrogens (tertiary/aromatic N) is 1. The fourth-order valence-corrected chi connectivity index (χ4v) is 1.52. The Balaban J connectivity index is 2.49. The zero-order valence-corrected chi connectivity index (χ0v) is 7.64. The van der Waals surface area contributed by atoms with Gasteiger partial charge in [0.2, 0.25) is 5.88 Å². The van der Waals surface area contributed by atoms with Crippen molar-refractivity contribution < 1.29 is 10.2 Å². The van der Waals surface area contributed by atoms with E-state index in [0.717, 1.165) is 12.2 Å². The Kier molecular flexibility index (Phi) is 3.43. The molecule has 1 aliphatic rings. The average Bonchev–Trinajstić information content (AvgIpc) is 1.99. The maximum Gasteiger partial charge on any atom is 0.213 e. The van der Waals surface area contributed by atoms with Gasteiger partial charge >= 0.3 is 0 Å². The van der Waals surface area contributed by atoms with E-state index in [-0.39, 0.29) is 5.88 Å². The Morgan fingerprint density at radius 1 is 1.75 bits per heavy atom. The molecule has 0 bridgehead atoms. The van der Waals surface area contributed by atoms with Crippen molar-refractivity contribution in [3.8, 4) is 0 Å². The van der Waals surface area contributed by atoms with Crippen molar-refractivity contribution in [3.63, 3.8) is 0 Å². The van der Waals surface area contributed by atoms with Crippen molar-refractivity contribution >= 4 is 16.9 Å². The number of aliphatic hydroxyl groups excluding tert-OH is 2. The van der Waals surface area contributed by atoms with Crippen molar-refractivity contribution in [1.82, 2.24) is 5.32 Å². The highest BCUT2D eigenvalue weighted by atomic mass is 32.2. The van der Waals surface area contributed by atoms with Crippen LogP contribution in [0.25, 0.3) is 0 Å². The van der Waals surface area contributed by atoms with Crippen LogP contribution in [0.1, 0.15) is 13.3 Å². The van der Waals surface area contributed by atoms with E-state index >= 15 is 0 Å². The summed E-state index contributed by atoms with van der Waals surface area (Å²) in [4.78, 5) is 3.80. The number of rotatable bonds is 2. The normalized spacial score (nSPS) is 22.7. The van der Waals surface area contributed by atoms with Gasteiger partial charge in [-0.3, -0.25) is 0 Å². The predicted molar refractivity (Wildman–Crippen MR) is 50.0 cm³/mol. The summed E-state index contributed by atoms with van der Waals surface area (Å²) in [7, 11) is 0. The standard InChI is InChI=1S/C7H12N2O2S/c1-2-3-12-7-8-5(10)4-6(11)9-7/h4-5,10-11H,2-3H2,1H3,(H,8,9). The molecule has 0 saturated heterocycles. The van der Waals surface area contributed by atoms with Crippen LogP contribution in [0.5, 0.6) is 0 Å². The van der Waals surface area contributed by atoms with Crippen LogP contribution in [0.2, 0.25) is 0 Å². The first-order valence-electron chi connectivity index (χ1n) is 3.79. The van der Waals surface area contributed by atoms with Gasteiger partial charge in [-0.2, -0.15) is 4.99 Å². The molecule has 4 nitrogen and oxygen atoms in total. The van der Waals surface area contributed by atoms with E-state index in [2.05, 4.69) is 17.2 Å². The van der Waals surface area contributed by atoms with Crippen LogP contribution in [0.15, 0.2) is 17.0 Å². The topological polar surface area (TPSA) is 64.9 Å². The predicted octanol–water partition coefficient (Wildman–Crippen LogP) is 0.807. The van der Waals surface area contributed by atoms with Gasteiger partial charge in [0.1, 0.15) is 0 Å². The van der Waals surface area contributed by atoms with Crippen LogP contribution in [0, 0.1) is 0 Å². The highest BCUT2D eigenvalue weighted by molar-refractivity contribution is 8.13. The molecule has 0 radical (unpaired) electrons. The second kappa shape index (κ2) is 4.37. The molecule has 0 fully saturated rings. The molecule has 0 aromatic carbocycles. The molecular formula is C7H12N2O2S. The van der Waals surface area contributed by atoms with Gasteiger partial charge in [0.15, 0.2) is 11.4 Å². The van der Waals surface area contributed by atoms with Gasteiger partial charge in [-0.25, -0.2) is 0 Å². The quantitative estimate of drug-likeness (QED) is 0.600. The Morgan fingerprint density at radius 3 is 3.08 bits per heavy atom. The minimum absolute atomic E-state index is 0.125. The highest BCUT2D eigenvalue weighted by Gasteiger charge is 2.11. The SMILES string of the molecule is CCCSC1=NC(O)=CC(O)N1. The lowest BCUT2D eigenvalue weighted by molar-refractivity contribution is 0.200. The third-order valence-electron chi connectivity index (χ3n) is 1.24. The molecule has 1 aliphatic heterocycles. The van der Waals surface area contributed by atoms with E-state index in [1.165, 1.54) is 17.8 Å². The first-order chi connectivity index (χ1) is 5.72. The van der Waals surface area contributed by atoms with Gasteiger partial charge < -0.3 is 15.5 Å². The molecule has 1 rings (SSSR count). The summed E-state index contributed by atoms with van der Waals surface area (Å²) >= 11 is 1.48. The second-order valence-electron chi connectivity index (χ2n) is 2.38. The van der Waals surface area contributed by atoms with Crippen molar-refractivity contribution in [2.75, 3.05) is 5.75 Å². The molecule has 0 aromatic rings. The molecule has 3 N–H and O–H groups in total. The largest absolute Gasteiger partial charge is 0.493 e. The summed E-state index contributed by atoms with van der Waals surface area (Å²) in [6.07, 6.45) is 1.46. The summed E-state index contributed by atoms with van der Waals surface area (Å²) in [5.74, 6) is 0.797. The van der Waals surface area contributed by atoms with Gasteiger partial charge in [0.25, 0.3) is 0 Å². The van der Waals surface area contributed by atoms with Crippen molar-refractivity contribution in [1.29, 1.82) is 0 Å². The van der Waals surface area contributed by atoms with Crippen LogP contribution in [-0.4, -0.2) is 27.4 Å². The molecule has 68 valence electrons. The third kappa shape index (κ3) is 2.75. The first-order valence-corrected chi connectivity index (χ1v) is 4.78. The lowest BCUT2D eigenvalue weighted by atomic mass is 10.5. The first kappa shape index (κ1) is 9.41. The molecular weight excluding hydrogens is 176 g/mol. The molecule has 0 aromatic heterocycles. The number of aliphatic imine (C=N–C) groups is 1. The van der Waals surface area contributed by atoms with Crippen LogP contribution in [0.3, 0.4) is 0 Å². The van der Waals surface area contributed by atoms with Crippen molar-refractivity contribution in [2.24, 2.45) is 4.99 Å². The fourth-order valence-electron chi connectivity index (χ4n) is 0.756. The monoisotopic (exact) mass is 188 g/mol. The number of aliphatic hydroxyl groups is 2. The van der Waals surface area contributed by atoms with Crippen LogP contribution >= 0.6 is 11.8 Å².